The third-order valence-corrected chi connectivity index (χ3v) is 14.2. The molecule has 7 aromatic rings. The lowest BCUT2D eigenvalue weighted by molar-refractivity contribution is -0.00518. The van der Waals surface area contributed by atoms with Gasteiger partial charge in [-0.3, -0.25) is 0 Å². The molecule has 1 nitrogen and oxygen atoms in total. The van der Waals surface area contributed by atoms with E-state index < -0.39 is 0 Å². The first-order valence-corrected chi connectivity index (χ1v) is 20.9. The molecule has 0 heterocycles. The molecule has 5 aliphatic rings. The Morgan fingerprint density at radius 2 is 0.875 bits per heavy atom. The van der Waals surface area contributed by atoms with Gasteiger partial charge in [0.25, 0.3) is 0 Å². The fourth-order valence-electron chi connectivity index (χ4n) is 12.0. The minimum Gasteiger partial charge on any atom is -0.309 e. The molecule has 0 radical (unpaired) electrons. The molecule has 4 saturated carbocycles. The number of hydrogen-bond acceptors (Lipinski definition) is 1. The number of fused-ring (bicyclic) bond motifs is 3. The molecule has 12 rings (SSSR count). The fourth-order valence-corrected chi connectivity index (χ4v) is 12.0. The zero-order chi connectivity index (χ0) is 37.4. The van der Waals surface area contributed by atoms with E-state index in [2.05, 4.69) is 189 Å². The predicted molar refractivity (Wildman–Crippen MR) is 235 cm³/mol. The molecule has 7 aromatic carbocycles. The van der Waals surface area contributed by atoms with E-state index in [9.17, 15) is 0 Å². The van der Waals surface area contributed by atoms with E-state index in [0.29, 0.717) is 5.41 Å². The molecule has 0 aromatic heterocycles. The van der Waals surface area contributed by atoms with Gasteiger partial charge in [0.2, 0.25) is 0 Å². The van der Waals surface area contributed by atoms with E-state index in [-0.39, 0.29) is 5.41 Å². The van der Waals surface area contributed by atoms with Crippen LogP contribution < -0.4 is 4.90 Å². The minimum atomic E-state index is -0.167. The van der Waals surface area contributed by atoms with Crippen LogP contribution in [-0.2, 0) is 10.8 Å². The molecule has 0 unspecified atom stereocenters. The first-order chi connectivity index (χ1) is 27.4. The average Bonchev–Trinajstić information content (AvgIpc) is 3.46. The van der Waals surface area contributed by atoms with Crippen LogP contribution in [0.5, 0.6) is 0 Å². The van der Waals surface area contributed by atoms with Crippen LogP contribution in [0, 0.1) is 17.8 Å². The zero-order valence-electron chi connectivity index (χ0n) is 32.6. The lowest BCUT2D eigenvalue weighted by Crippen LogP contribution is -2.48. The molecule has 4 fully saturated rings. The highest BCUT2D eigenvalue weighted by molar-refractivity contribution is 5.95. The Kier molecular flexibility index (Phi) is 7.79. The van der Waals surface area contributed by atoms with Crippen molar-refractivity contribution in [3.8, 4) is 44.5 Å². The van der Waals surface area contributed by atoms with E-state index in [1.807, 2.05) is 0 Å². The van der Waals surface area contributed by atoms with E-state index in [1.165, 1.54) is 94.2 Å². The molecule has 0 saturated heterocycles. The number of anilines is 3. The van der Waals surface area contributed by atoms with Crippen LogP contribution in [0.2, 0.25) is 0 Å². The van der Waals surface area contributed by atoms with Crippen molar-refractivity contribution < 1.29 is 0 Å². The summed E-state index contributed by atoms with van der Waals surface area (Å²) in [6.45, 7) is 4.84. The summed E-state index contributed by atoms with van der Waals surface area (Å²) >= 11 is 0. The van der Waals surface area contributed by atoms with Gasteiger partial charge in [0.1, 0.15) is 0 Å². The van der Waals surface area contributed by atoms with Crippen LogP contribution in [-0.4, -0.2) is 0 Å². The highest BCUT2D eigenvalue weighted by Gasteiger charge is 2.51. The fraction of sp³-hybridized carbons (Fsp3) is 0.236. The minimum absolute atomic E-state index is 0.167. The van der Waals surface area contributed by atoms with Crippen LogP contribution in [0.1, 0.15) is 69.1 Å². The summed E-state index contributed by atoms with van der Waals surface area (Å²) in [6.07, 6.45) is 8.72. The molecule has 0 aliphatic heterocycles. The van der Waals surface area contributed by atoms with Crippen molar-refractivity contribution in [2.45, 2.75) is 63.2 Å². The van der Waals surface area contributed by atoms with Crippen LogP contribution in [0.25, 0.3) is 44.5 Å². The largest absolute Gasteiger partial charge is 0.309 e. The van der Waals surface area contributed by atoms with Crippen LogP contribution in [0.15, 0.2) is 170 Å². The Balaban J connectivity index is 0.990. The maximum absolute atomic E-state index is 2.50. The van der Waals surface area contributed by atoms with Crippen molar-refractivity contribution in [3.63, 3.8) is 0 Å². The Hall–Kier alpha value is -5.66. The van der Waals surface area contributed by atoms with E-state index in [0.717, 1.165) is 34.8 Å². The maximum atomic E-state index is 2.50. The normalized spacial score (nSPS) is 22.4. The second kappa shape index (κ2) is 13.0. The summed E-state index contributed by atoms with van der Waals surface area (Å²) in [7, 11) is 0. The van der Waals surface area contributed by atoms with Crippen LogP contribution >= 0.6 is 0 Å². The topological polar surface area (TPSA) is 3.24 Å². The number of nitrogens with zero attached hydrogens (tertiary/aromatic N) is 1. The SMILES string of the molecule is CC1(C)c2cc(-c3ccc(C45CC6CC(CC(C6)C4)C5)cc3)ccc2-c2ccc(N(c3ccccc3-c3ccccc3)c3ccccc3-c3ccccc3)cc21. The second-order valence-corrected chi connectivity index (χ2v) is 18.0. The van der Waals surface area contributed by atoms with Gasteiger partial charge in [0.15, 0.2) is 0 Å². The van der Waals surface area contributed by atoms with E-state index >= 15 is 0 Å². The molecule has 4 bridgehead atoms. The van der Waals surface area contributed by atoms with E-state index in [1.54, 1.807) is 5.56 Å². The molecule has 0 spiro atoms. The van der Waals surface area contributed by atoms with Gasteiger partial charge in [-0.25, -0.2) is 0 Å². The first kappa shape index (κ1) is 33.7. The molecule has 5 aliphatic carbocycles. The van der Waals surface area contributed by atoms with E-state index in [4.69, 9.17) is 0 Å². The van der Waals surface area contributed by atoms with Gasteiger partial charge >= 0.3 is 0 Å². The third-order valence-electron chi connectivity index (χ3n) is 14.2. The Bertz CT molecular complexity index is 2460. The molecular weight excluding hydrogens is 675 g/mol. The lowest BCUT2D eigenvalue weighted by Gasteiger charge is -2.57. The zero-order valence-corrected chi connectivity index (χ0v) is 32.6. The van der Waals surface area contributed by atoms with Gasteiger partial charge < -0.3 is 4.90 Å². The quantitative estimate of drug-likeness (QED) is 0.158. The summed E-state index contributed by atoms with van der Waals surface area (Å²) < 4.78 is 0. The number of benzene rings is 7. The Morgan fingerprint density at radius 1 is 0.411 bits per heavy atom. The molecule has 0 amide bonds. The molecule has 274 valence electrons. The van der Waals surface area contributed by atoms with Crippen LogP contribution in [0.4, 0.5) is 17.1 Å². The van der Waals surface area contributed by atoms with Gasteiger partial charge in [-0.15, -0.1) is 0 Å². The molecule has 1 heteroatoms. The third kappa shape index (κ3) is 5.42. The Labute approximate surface area is 332 Å². The van der Waals surface area contributed by atoms with Crippen molar-refractivity contribution in [1.82, 2.24) is 0 Å². The predicted octanol–water partition coefficient (Wildman–Crippen LogP) is 14.9. The molecule has 0 N–H and O–H groups in total. The smallest absolute Gasteiger partial charge is 0.0540 e. The molecule has 56 heavy (non-hydrogen) atoms. The van der Waals surface area contributed by atoms with Gasteiger partial charge in [0, 0.05) is 22.2 Å². The van der Waals surface area contributed by atoms with Gasteiger partial charge in [-0.05, 0) is 142 Å². The van der Waals surface area contributed by atoms with Crippen molar-refractivity contribution in [2.24, 2.45) is 17.8 Å². The highest BCUT2D eigenvalue weighted by atomic mass is 15.1. The average molecular weight is 724 g/mol. The summed E-state index contributed by atoms with van der Waals surface area (Å²) in [4.78, 5) is 2.49. The lowest BCUT2D eigenvalue weighted by atomic mass is 9.48. The second-order valence-electron chi connectivity index (χ2n) is 18.0. The standard InChI is InChI=1S/C55H49N/c1-54(2)50-32-43(40-21-24-44(25-22-40)55-34-37-29-38(35-55)31-39(30-37)36-55)23-27-48(50)49-28-26-45(33-51(49)54)56(52-19-11-9-17-46(52)41-13-5-3-6-14-41)53-20-12-10-18-47(53)42-15-7-4-8-16-42/h3-28,32-33,37-39H,29-31,34-36H2,1-2H3. The molecule has 0 atom stereocenters. The molecular formula is C55H49N. The van der Waals surface area contributed by atoms with Gasteiger partial charge in [0.05, 0.1) is 11.4 Å². The van der Waals surface area contributed by atoms with Crippen LogP contribution in [0.3, 0.4) is 0 Å². The summed E-state index contributed by atoms with van der Waals surface area (Å²) in [5, 5.41) is 0. The monoisotopic (exact) mass is 723 g/mol. The van der Waals surface area contributed by atoms with Gasteiger partial charge in [-0.1, -0.05) is 153 Å². The first-order valence-electron chi connectivity index (χ1n) is 20.9. The van der Waals surface area contributed by atoms with Crippen molar-refractivity contribution in [3.05, 3.63) is 187 Å². The number of rotatable bonds is 7. The summed E-state index contributed by atoms with van der Waals surface area (Å²) in [5.41, 5.74) is 18.3. The van der Waals surface area contributed by atoms with Gasteiger partial charge in [-0.2, -0.15) is 0 Å². The Morgan fingerprint density at radius 3 is 1.43 bits per heavy atom. The van der Waals surface area contributed by atoms with Crippen molar-refractivity contribution >= 4 is 17.1 Å². The van der Waals surface area contributed by atoms with Crippen molar-refractivity contribution in [1.29, 1.82) is 0 Å². The summed E-state index contributed by atoms with van der Waals surface area (Å²) in [5.74, 6) is 2.89. The number of para-hydroxylation sites is 2. The van der Waals surface area contributed by atoms with Crippen molar-refractivity contribution in [2.75, 3.05) is 4.90 Å². The summed E-state index contributed by atoms with van der Waals surface area (Å²) in [6, 6.07) is 63.6. The number of hydrogen-bond donors (Lipinski definition) is 0. The highest BCUT2D eigenvalue weighted by Crippen LogP contribution is 2.61. The maximum Gasteiger partial charge on any atom is 0.0540 e.